The molecule has 108 valence electrons. The summed E-state index contributed by atoms with van der Waals surface area (Å²) in [7, 11) is 0. The van der Waals surface area contributed by atoms with Crippen molar-refractivity contribution < 1.29 is 22.8 Å². The summed E-state index contributed by atoms with van der Waals surface area (Å²) in [6, 6.07) is 2.92. The third-order valence-corrected chi connectivity index (χ3v) is 3.61. The van der Waals surface area contributed by atoms with E-state index in [2.05, 4.69) is 12.6 Å². The Bertz CT molecular complexity index is 548. The first kappa shape index (κ1) is 15.1. The summed E-state index contributed by atoms with van der Waals surface area (Å²) < 4.78 is 37.8. The first-order valence-electron chi connectivity index (χ1n) is 6.20. The molecule has 1 aliphatic carbocycles. The number of benzene rings is 1. The van der Waals surface area contributed by atoms with Crippen molar-refractivity contribution in [3.05, 3.63) is 34.9 Å². The number of thiol groups is 1. The van der Waals surface area contributed by atoms with Gasteiger partial charge in [0.25, 0.3) is 0 Å². The van der Waals surface area contributed by atoms with Crippen molar-refractivity contribution in [1.82, 2.24) is 0 Å². The second-order valence-electron chi connectivity index (χ2n) is 4.87. The van der Waals surface area contributed by atoms with Gasteiger partial charge in [0.2, 0.25) is 0 Å². The summed E-state index contributed by atoms with van der Waals surface area (Å²) in [5.74, 6) is -0.574. The van der Waals surface area contributed by atoms with Crippen LogP contribution in [0.5, 0.6) is 0 Å². The van der Waals surface area contributed by atoms with Gasteiger partial charge in [0.15, 0.2) is 5.78 Å². The quantitative estimate of drug-likeness (QED) is 0.511. The van der Waals surface area contributed by atoms with Crippen molar-refractivity contribution in [3.63, 3.8) is 0 Å². The van der Waals surface area contributed by atoms with Crippen LogP contribution >= 0.6 is 12.6 Å². The predicted molar refractivity (Wildman–Crippen MR) is 70.8 cm³/mol. The van der Waals surface area contributed by atoms with Crippen molar-refractivity contribution in [1.29, 1.82) is 0 Å². The van der Waals surface area contributed by atoms with Gasteiger partial charge >= 0.3 is 6.18 Å². The summed E-state index contributed by atoms with van der Waals surface area (Å²) >= 11 is 3.96. The van der Waals surface area contributed by atoms with Gasteiger partial charge in [-0.15, -0.1) is 0 Å². The van der Waals surface area contributed by atoms with E-state index in [1.807, 2.05) is 0 Å². The maximum absolute atomic E-state index is 12.6. The van der Waals surface area contributed by atoms with E-state index < -0.39 is 17.5 Å². The zero-order valence-corrected chi connectivity index (χ0v) is 11.4. The maximum Gasteiger partial charge on any atom is 0.416 e. The molecule has 0 aliphatic heterocycles. The van der Waals surface area contributed by atoms with Crippen molar-refractivity contribution in [2.75, 3.05) is 0 Å². The molecule has 0 atom stereocenters. The lowest BCUT2D eigenvalue weighted by molar-refractivity contribution is -0.137. The molecule has 20 heavy (non-hydrogen) atoms. The fourth-order valence-electron chi connectivity index (χ4n) is 1.98. The number of hydrogen-bond donors (Lipinski definition) is 1. The number of carbonyl (C=O) groups excluding carboxylic acids is 2. The Hall–Kier alpha value is -1.30. The zero-order chi connectivity index (χ0) is 14.9. The Kier molecular flexibility index (Phi) is 4.22. The molecule has 0 unspecified atom stereocenters. The summed E-state index contributed by atoms with van der Waals surface area (Å²) in [4.78, 5) is 23.6. The Morgan fingerprint density at radius 3 is 2.40 bits per heavy atom. The van der Waals surface area contributed by atoms with Crippen LogP contribution in [0.25, 0.3) is 0 Å². The molecular weight excluding hydrogens is 289 g/mol. The van der Waals surface area contributed by atoms with Gasteiger partial charge < -0.3 is 0 Å². The summed E-state index contributed by atoms with van der Waals surface area (Å²) in [6.45, 7) is 0. The third-order valence-electron chi connectivity index (χ3n) is 3.27. The fraction of sp³-hybridized carbons (Fsp3) is 0.429. The molecule has 2 rings (SSSR count). The molecular formula is C14H13F3O2S. The van der Waals surface area contributed by atoms with E-state index in [9.17, 15) is 22.8 Å². The lowest BCUT2D eigenvalue weighted by atomic mass is 9.97. The van der Waals surface area contributed by atoms with Crippen LogP contribution in [0.3, 0.4) is 0 Å². The normalized spacial score (nSPS) is 15.2. The minimum Gasteiger partial charge on any atom is -0.299 e. The molecule has 1 aromatic carbocycles. The lowest BCUT2D eigenvalue weighted by Crippen LogP contribution is -2.13. The monoisotopic (exact) mass is 302 g/mol. The number of Topliss-reactive ketones (excluding diaryl/α,β-unsaturated/α-hetero) is 2. The van der Waals surface area contributed by atoms with Crippen molar-refractivity contribution >= 4 is 24.2 Å². The topological polar surface area (TPSA) is 34.1 Å². The Morgan fingerprint density at radius 1 is 1.25 bits per heavy atom. The van der Waals surface area contributed by atoms with E-state index in [4.69, 9.17) is 0 Å². The fourth-order valence-corrected chi connectivity index (χ4v) is 2.24. The first-order chi connectivity index (χ1) is 9.32. The highest BCUT2D eigenvalue weighted by molar-refractivity contribution is 7.79. The van der Waals surface area contributed by atoms with Crippen LogP contribution in [0, 0.1) is 5.92 Å². The van der Waals surface area contributed by atoms with Crippen LogP contribution in [0.2, 0.25) is 0 Å². The SMILES string of the molecule is O=C(CC(=O)C1CC1)c1ccc(C(F)(F)F)cc1CS. The first-order valence-corrected chi connectivity index (χ1v) is 6.83. The van der Waals surface area contributed by atoms with Gasteiger partial charge in [-0.1, -0.05) is 6.07 Å². The van der Waals surface area contributed by atoms with Gasteiger partial charge in [0, 0.05) is 17.2 Å². The molecule has 0 heterocycles. The summed E-state index contributed by atoms with van der Waals surface area (Å²) in [5, 5.41) is 0. The van der Waals surface area contributed by atoms with Crippen LogP contribution in [-0.2, 0) is 16.7 Å². The van der Waals surface area contributed by atoms with Gasteiger partial charge in [-0.3, -0.25) is 9.59 Å². The molecule has 1 aliphatic rings. The molecule has 2 nitrogen and oxygen atoms in total. The number of rotatable bonds is 5. The highest BCUT2D eigenvalue weighted by Crippen LogP contribution is 2.33. The number of alkyl halides is 3. The minimum atomic E-state index is -4.46. The molecule has 0 amide bonds. The van der Waals surface area contributed by atoms with Crippen LogP contribution in [0.4, 0.5) is 13.2 Å². The van der Waals surface area contributed by atoms with Crippen LogP contribution in [0.15, 0.2) is 18.2 Å². The maximum atomic E-state index is 12.6. The van der Waals surface area contributed by atoms with Gasteiger partial charge in [-0.05, 0) is 30.5 Å². The lowest BCUT2D eigenvalue weighted by Gasteiger charge is -2.11. The van der Waals surface area contributed by atoms with E-state index in [1.165, 1.54) is 0 Å². The molecule has 0 aromatic heterocycles. The van der Waals surface area contributed by atoms with Crippen LogP contribution < -0.4 is 0 Å². The van der Waals surface area contributed by atoms with Gasteiger partial charge in [-0.2, -0.15) is 25.8 Å². The Labute approximate surface area is 119 Å². The molecule has 1 fully saturated rings. The largest absolute Gasteiger partial charge is 0.416 e. The van der Waals surface area contributed by atoms with E-state index in [-0.39, 0.29) is 35.0 Å². The molecule has 0 saturated heterocycles. The second kappa shape index (κ2) is 5.60. The molecule has 6 heteroatoms. The van der Waals surface area contributed by atoms with Crippen LogP contribution in [0.1, 0.15) is 40.7 Å². The summed E-state index contributed by atoms with van der Waals surface area (Å²) in [6.07, 6.45) is -3.09. The van der Waals surface area contributed by atoms with Crippen molar-refractivity contribution in [2.45, 2.75) is 31.2 Å². The molecule has 0 spiro atoms. The minimum absolute atomic E-state index is 0.0165. The second-order valence-corrected chi connectivity index (χ2v) is 5.18. The van der Waals surface area contributed by atoms with Gasteiger partial charge in [0.1, 0.15) is 5.78 Å². The van der Waals surface area contributed by atoms with Gasteiger partial charge in [-0.25, -0.2) is 0 Å². The van der Waals surface area contributed by atoms with E-state index >= 15 is 0 Å². The van der Waals surface area contributed by atoms with E-state index in [1.54, 1.807) is 0 Å². The molecule has 0 radical (unpaired) electrons. The number of halogens is 3. The smallest absolute Gasteiger partial charge is 0.299 e. The number of hydrogen-bond acceptors (Lipinski definition) is 3. The predicted octanol–water partition coefficient (Wildman–Crippen LogP) is 3.69. The number of carbonyl (C=O) groups is 2. The highest BCUT2D eigenvalue weighted by atomic mass is 32.1. The summed E-state index contributed by atoms with van der Waals surface area (Å²) in [5.41, 5.74) is -0.453. The van der Waals surface area contributed by atoms with E-state index in [0.717, 1.165) is 31.0 Å². The highest BCUT2D eigenvalue weighted by Gasteiger charge is 2.33. The average Bonchev–Trinajstić information content (AvgIpc) is 3.20. The van der Waals surface area contributed by atoms with Gasteiger partial charge in [0.05, 0.1) is 12.0 Å². The van der Waals surface area contributed by atoms with E-state index in [0.29, 0.717) is 0 Å². The zero-order valence-electron chi connectivity index (χ0n) is 10.5. The third kappa shape index (κ3) is 3.42. The molecule has 1 saturated carbocycles. The average molecular weight is 302 g/mol. The van der Waals surface area contributed by atoms with Crippen molar-refractivity contribution in [2.24, 2.45) is 5.92 Å². The molecule has 0 N–H and O–H groups in total. The Morgan fingerprint density at radius 2 is 1.90 bits per heavy atom. The number of ketones is 2. The molecule has 0 bridgehead atoms. The standard InChI is InChI=1S/C14H13F3O2S/c15-14(16,17)10-3-4-11(9(5-10)7-20)13(19)6-12(18)8-1-2-8/h3-5,8,20H,1-2,6-7H2. The van der Waals surface area contributed by atoms with Crippen LogP contribution in [-0.4, -0.2) is 11.6 Å². The Balaban J connectivity index is 2.22. The van der Waals surface area contributed by atoms with Crippen molar-refractivity contribution in [3.8, 4) is 0 Å². The molecule has 1 aromatic rings.